The van der Waals surface area contributed by atoms with Crippen LogP contribution in [0, 0.1) is 20.8 Å². The molecule has 6 nitrogen and oxygen atoms in total. The number of aryl methyl sites for hydroxylation is 3. The Bertz CT molecular complexity index is 965. The first-order valence-corrected chi connectivity index (χ1v) is 11.3. The highest BCUT2D eigenvalue weighted by Gasteiger charge is 2.28. The van der Waals surface area contributed by atoms with Gasteiger partial charge in [0.05, 0.1) is 16.7 Å². The predicted molar refractivity (Wildman–Crippen MR) is 114 cm³/mol. The summed E-state index contributed by atoms with van der Waals surface area (Å²) in [6.45, 7) is 6.60. The van der Waals surface area contributed by atoms with Gasteiger partial charge in [0.1, 0.15) is 6.54 Å². The first kappa shape index (κ1) is 21.3. The molecule has 0 aliphatic carbocycles. The molecule has 7 heteroatoms. The minimum Gasteiger partial charge on any atom is -0.376 e. The SMILES string of the molecule is Cc1ccc(S(=O)(=O)N(CC(=O)NC[C@H]2CCCO2)c2ccc(C)c(C)c2)cc1. The molecule has 29 heavy (non-hydrogen) atoms. The summed E-state index contributed by atoms with van der Waals surface area (Å²) >= 11 is 0. The van der Waals surface area contributed by atoms with E-state index in [-0.39, 0.29) is 23.5 Å². The van der Waals surface area contributed by atoms with Crippen molar-refractivity contribution in [3.63, 3.8) is 0 Å². The second-order valence-corrected chi connectivity index (χ2v) is 9.39. The van der Waals surface area contributed by atoms with Crippen LogP contribution in [0.2, 0.25) is 0 Å². The highest BCUT2D eigenvalue weighted by Crippen LogP contribution is 2.26. The molecule has 0 spiro atoms. The highest BCUT2D eigenvalue weighted by molar-refractivity contribution is 7.92. The van der Waals surface area contributed by atoms with Crippen molar-refractivity contribution in [3.8, 4) is 0 Å². The molecule has 0 bridgehead atoms. The quantitative estimate of drug-likeness (QED) is 0.753. The molecule has 2 aromatic rings. The van der Waals surface area contributed by atoms with Crippen molar-refractivity contribution >= 4 is 21.6 Å². The maximum absolute atomic E-state index is 13.4. The third kappa shape index (κ3) is 5.16. The number of benzene rings is 2. The number of nitrogens with one attached hydrogen (secondary N) is 1. The normalized spacial score (nSPS) is 16.6. The van der Waals surface area contributed by atoms with Gasteiger partial charge >= 0.3 is 0 Å². The zero-order valence-electron chi connectivity index (χ0n) is 17.1. The molecule has 1 aliphatic rings. The number of carbonyl (C=O) groups excluding carboxylic acids is 1. The average Bonchev–Trinajstić information content (AvgIpc) is 3.21. The molecular weight excluding hydrogens is 388 g/mol. The number of anilines is 1. The zero-order chi connectivity index (χ0) is 21.0. The first-order valence-electron chi connectivity index (χ1n) is 9.82. The molecule has 3 rings (SSSR count). The fourth-order valence-corrected chi connectivity index (χ4v) is 4.67. The monoisotopic (exact) mass is 416 g/mol. The van der Waals surface area contributed by atoms with Crippen LogP contribution in [0.3, 0.4) is 0 Å². The second-order valence-electron chi connectivity index (χ2n) is 7.53. The first-order chi connectivity index (χ1) is 13.8. The number of hydrogen-bond acceptors (Lipinski definition) is 4. The maximum Gasteiger partial charge on any atom is 0.264 e. The van der Waals surface area contributed by atoms with Crippen LogP contribution >= 0.6 is 0 Å². The predicted octanol–water partition coefficient (Wildman–Crippen LogP) is 3.10. The van der Waals surface area contributed by atoms with Crippen molar-refractivity contribution in [1.82, 2.24) is 5.32 Å². The number of carbonyl (C=O) groups is 1. The minimum absolute atomic E-state index is 0.00252. The van der Waals surface area contributed by atoms with Gasteiger partial charge in [0.15, 0.2) is 0 Å². The van der Waals surface area contributed by atoms with Gasteiger partial charge in [0.25, 0.3) is 10.0 Å². The minimum atomic E-state index is -3.89. The summed E-state index contributed by atoms with van der Waals surface area (Å²) in [6, 6.07) is 12.1. The van der Waals surface area contributed by atoms with Gasteiger partial charge in [0, 0.05) is 13.2 Å². The van der Waals surface area contributed by atoms with E-state index in [1.54, 1.807) is 36.4 Å². The molecular formula is C22H28N2O4S. The molecule has 0 unspecified atom stereocenters. The van der Waals surface area contributed by atoms with Gasteiger partial charge in [-0.2, -0.15) is 0 Å². The van der Waals surface area contributed by atoms with Crippen molar-refractivity contribution < 1.29 is 17.9 Å². The molecule has 1 fully saturated rings. The van der Waals surface area contributed by atoms with E-state index in [0.29, 0.717) is 18.8 Å². The number of nitrogens with zero attached hydrogens (tertiary/aromatic N) is 1. The Morgan fingerprint density at radius 1 is 1.10 bits per heavy atom. The largest absolute Gasteiger partial charge is 0.376 e. The zero-order valence-corrected chi connectivity index (χ0v) is 18.0. The smallest absolute Gasteiger partial charge is 0.264 e. The summed E-state index contributed by atoms with van der Waals surface area (Å²) < 4.78 is 33.4. The standard InChI is InChI=1S/C22H28N2O4S/c1-16-6-10-21(11-7-16)29(26,27)24(19-9-8-17(2)18(3)13-19)15-22(25)23-14-20-5-4-12-28-20/h6-11,13,20H,4-5,12,14-15H2,1-3H3,(H,23,25)/t20-/m1/s1. The summed E-state index contributed by atoms with van der Waals surface area (Å²) in [6.07, 6.45) is 1.89. The fourth-order valence-electron chi connectivity index (χ4n) is 3.25. The van der Waals surface area contributed by atoms with E-state index < -0.39 is 10.0 Å². The van der Waals surface area contributed by atoms with E-state index in [0.717, 1.165) is 29.5 Å². The summed E-state index contributed by atoms with van der Waals surface area (Å²) in [5.74, 6) is -0.352. The summed E-state index contributed by atoms with van der Waals surface area (Å²) in [7, 11) is -3.89. The van der Waals surface area contributed by atoms with E-state index in [1.807, 2.05) is 26.8 Å². The molecule has 1 saturated heterocycles. The Balaban J connectivity index is 1.87. The summed E-state index contributed by atoms with van der Waals surface area (Å²) in [5.41, 5.74) is 3.47. The van der Waals surface area contributed by atoms with Gasteiger partial charge in [-0.15, -0.1) is 0 Å². The lowest BCUT2D eigenvalue weighted by Crippen LogP contribution is -2.42. The Morgan fingerprint density at radius 3 is 2.45 bits per heavy atom. The van der Waals surface area contributed by atoms with Crippen LogP contribution in [0.15, 0.2) is 47.4 Å². The number of ether oxygens (including phenoxy) is 1. The van der Waals surface area contributed by atoms with Gasteiger partial charge in [-0.1, -0.05) is 23.8 Å². The number of rotatable bonds is 7. The molecule has 1 amide bonds. The van der Waals surface area contributed by atoms with Crippen molar-refractivity contribution in [2.75, 3.05) is 24.0 Å². The summed E-state index contributed by atoms with van der Waals surface area (Å²) in [5, 5.41) is 2.81. The molecule has 1 N–H and O–H groups in total. The van der Waals surface area contributed by atoms with Crippen molar-refractivity contribution in [2.24, 2.45) is 0 Å². The van der Waals surface area contributed by atoms with Gasteiger partial charge in [0.2, 0.25) is 5.91 Å². The number of amides is 1. The molecule has 1 aliphatic heterocycles. The number of sulfonamides is 1. The second kappa shape index (κ2) is 8.97. The Hall–Kier alpha value is -2.38. The van der Waals surface area contributed by atoms with Crippen molar-refractivity contribution in [2.45, 2.75) is 44.6 Å². The van der Waals surface area contributed by atoms with Crippen LogP contribution in [0.1, 0.15) is 29.5 Å². The third-order valence-electron chi connectivity index (χ3n) is 5.23. The van der Waals surface area contributed by atoms with E-state index in [2.05, 4.69) is 5.32 Å². The van der Waals surface area contributed by atoms with E-state index in [4.69, 9.17) is 4.74 Å². The lowest BCUT2D eigenvalue weighted by atomic mass is 10.1. The molecule has 1 heterocycles. The van der Waals surface area contributed by atoms with Crippen LogP contribution < -0.4 is 9.62 Å². The van der Waals surface area contributed by atoms with Crippen LogP contribution in [0.5, 0.6) is 0 Å². The van der Waals surface area contributed by atoms with E-state index >= 15 is 0 Å². The topological polar surface area (TPSA) is 75.7 Å². The fraction of sp³-hybridized carbons (Fsp3) is 0.409. The van der Waals surface area contributed by atoms with Crippen LogP contribution in [0.25, 0.3) is 0 Å². The average molecular weight is 417 g/mol. The van der Waals surface area contributed by atoms with Crippen LogP contribution in [-0.4, -0.2) is 40.1 Å². The molecule has 0 radical (unpaired) electrons. The maximum atomic E-state index is 13.4. The van der Waals surface area contributed by atoms with Crippen molar-refractivity contribution in [3.05, 3.63) is 59.2 Å². The lowest BCUT2D eigenvalue weighted by molar-refractivity contribution is -0.120. The van der Waals surface area contributed by atoms with Gasteiger partial charge < -0.3 is 10.1 Å². The Kier molecular flexibility index (Phi) is 6.59. The Labute approximate surface area is 172 Å². The molecule has 0 aromatic heterocycles. The summed E-state index contributed by atoms with van der Waals surface area (Å²) in [4.78, 5) is 12.8. The molecule has 2 aromatic carbocycles. The van der Waals surface area contributed by atoms with Crippen molar-refractivity contribution in [1.29, 1.82) is 0 Å². The number of hydrogen-bond donors (Lipinski definition) is 1. The van der Waals surface area contributed by atoms with E-state index in [9.17, 15) is 13.2 Å². The molecule has 0 saturated carbocycles. The van der Waals surface area contributed by atoms with Crippen LogP contribution in [-0.2, 0) is 19.6 Å². The van der Waals surface area contributed by atoms with Crippen LogP contribution in [0.4, 0.5) is 5.69 Å². The van der Waals surface area contributed by atoms with Gasteiger partial charge in [-0.25, -0.2) is 8.42 Å². The molecule has 1 atom stereocenters. The Morgan fingerprint density at radius 2 is 1.83 bits per heavy atom. The van der Waals surface area contributed by atoms with Gasteiger partial charge in [-0.3, -0.25) is 9.10 Å². The van der Waals surface area contributed by atoms with E-state index in [1.165, 1.54) is 4.31 Å². The lowest BCUT2D eigenvalue weighted by Gasteiger charge is -2.25. The molecule has 156 valence electrons. The third-order valence-corrected chi connectivity index (χ3v) is 7.01. The highest BCUT2D eigenvalue weighted by atomic mass is 32.2. The van der Waals surface area contributed by atoms with Gasteiger partial charge in [-0.05, 0) is 69.0 Å².